The van der Waals surface area contributed by atoms with Crippen LogP contribution < -0.4 is 4.74 Å². The first-order valence-electron chi connectivity index (χ1n) is 8.26. The number of fused-ring (bicyclic) bond motifs is 1. The molecule has 1 atom stereocenters. The molecular weight excluding hydrogens is 306 g/mol. The first kappa shape index (κ1) is 15.2. The summed E-state index contributed by atoms with van der Waals surface area (Å²) in [6, 6.07) is 24.1. The lowest BCUT2D eigenvalue weighted by Crippen LogP contribution is -2.14. The Labute approximate surface area is 147 Å². The molecule has 0 bridgehead atoms. The average molecular weight is 323 g/mol. The van der Waals surface area contributed by atoms with Gasteiger partial charge in [0.1, 0.15) is 11.9 Å². The maximum atomic E-state index is 7.18. The molecule has 2 heteroatoms. The van der Waals surface area contributed by atoms with Crippen LogP contribution in [-0.4, -0.2) is 0 Å². The second kappa shape index (κ2) is 6.30. The highest BCUT2D eigenvalue weighted by molar-refractivity contribution is 5.78. The van der Waals surface area contributed by atoms with E-state index in [4.69, 9.17) is 11.3 Å². The smallest absolute Gasteiger partial charge is 0.187 e. The molecule has 1 unspecified atom stereocenters. The molecule has 0 aliphatic carbocycles. The van der Waals surface area contributed by atoms with Crippen molar-refractivity contribution in [1.29, 1.82) is 0 Å². The summed E-state index contributed by atoms with van der Waals surface area (Å²) in [7, 11) is 0. The van der Waals surface area contributed by atoms with E-state index >= 15 is 0 Å². The molecule has 1 aliphatic rings. The van der Waals surface area contributed by atoms with Crippen LogP contribution in [0.25, 0.3) is 21.5 Å². The molecule has 2 nitrogen and oxygen atoms in total. The van der Waals surface area contributed by atoms with E-state index in [0.29, 0.717) is 5.69 Å². The van der Waals surface area contributed by atoms with Crippen molar-refractivity contribution in [3.63, 3.8) is 0 Å². The van der Waals surface area contributed by atoms with Gasteiger partial charge in [0.25, 0.3) is 0 Å². The van der Waals surface area contributed by atoms with Crippen molar-refractivity contribution >= 4 is 11.3 Å². The summed E-state index contributed by atoms with van der Waals surface area (Å²) in [4.78, 5) is 3.51. The number of ether oxygens (including phenoxy) is 1. The Morgan fingerprint density at radius 3 is 2.52 bits per heavy atom. The topological polar surface area (TPSA) is 13.6 Å². The molecule has 0 amide bonds. The van der Waals surface area contributed by atoms with Gasteiger partial charge in [-0.25, -0.2) is 4.85 Å². The highest BCUT2D eigenvalue weighted by Gasteiger charge is 2.24. The van der Waals surface area contributed by atoms with Crippen LogP contribution in [0, 0.1) is 6.57 Å². The molecule has 1 aliphatic heterocycles. The van der Waals surface area contributed by atoms with Gasteiger partial charge in [-0.1, -0.05) is 61.2 Å². The Morgan fingerprint density at radius 2 is 1.72 bits per heavy atom. The third kappa shape index (κ3) is 2.93. The van der Waals surface area contributed by atoms with E-state index in [0.717, 1.165) is 34.4 Å². The minimum absolute atomic E-state index is 0.0116. The fourth-order valence-electron chi connectivity index (χ4n) is 3.23. The molecule has 0 fully saturated rings. The van der Waals surface area contributed by atoms with Crippen LogP contribution in [0.1, 0.15) is 23.7 Å². The van der Waals surface area contributed by atoms with Crippen LogP contribution in [0.5, 0.6) is 5.75 Å². The van der Waals surface area contributed by atoms with Crippen molar-refractivity contribution in [2.45, 2.75) is 12.5 Å². The predicted molar refractivity (Wildman–Crippen MR) is 102 cm³/mol. The van der Waals surface area contributed by atoms with Crippen LogP contribution in [0.4, 0.5) is 5.69 Å². The third-order valence-corrected chi connectivity index (χ3v) is 4.54. The second-order valence-corrected chi connectivity index (χ2v) is 6.20. The van der Waals surface area contributed by atoms with Gasteiger partial charge >= 0.3 is 0 Å². The highest BCUT2D eigenvalue weighted by atomic mass is 16.5. The number of benzene rings is 3. The molecule has 0 N–H and O–H groups in total. The van der Waals surface area contributed by atoms with E-state index in [1.54, 1.807) is 0 Å². The van der Waals surface area contributed by atoms with Gasteiger partial charge in [0, 0.05) is 12.0 Å². The summed E-state index contributed by atoms with van der Waals surface area (Å²) in [5.74, 6) is 0.871. The van der Waals surface area contributed by atoms with Crippen molar-refractivity contribution in [1.82, 2.24) is 0 Å². The van der Waals surface area contributed by atoms with Gasteiger partial charge in [0.2, 0.25) is 0 Å². The molecule has 0 spiro atoms. The molecule has 0 saturated heterocycles. The van der Waals surface area contributed by atoms with E-state index in [1.165, 1.54) is 5.56 Å². The van der Waals surface area contributed by atoms with Crippen molar-refractivity contribution in [2.75, 3.05) is 0 Å². The Balaban J connectivity index is 1.69. The zero-order chi connectivity index (χ0) is 17.2. The Morgan fingerprint density at radius 1 is 0.920 bits per heavy atom. The number of hydrogen-bond acceptors (Lipinski definition) is 1. The fraction of sp³-hybridized carbons (Fsp3) is 0.0870. The molecule has 3 aromatic rings. The van der Waals surface area contributed by atoms with Crippen LogP contribution in [0.3, 0.4) is 0 Å². The van der Waals surface area contributed by atoms with Crippen molar-refractivity contribution < 1.29 is 4.74 Å². The van der Waals surface area contributed by atoms with E-state index in [9.17, 15) is 0 Å². The lowest BCUT2D eigenvalue weighted by Gasteiger charge is -2.28. The van der Waals surface area contributed by atoms with Gasteiger partial charge < -0.3 is 4.74 Å². The van der Waals surface area contributed by atoms with E-state index < -0.39 is 0 Å². The maximum Gasteiger partial charge on any atom is 0.187 e. The Bertz CT molecular complexity index is 982. The van der Waals surface area contributed by atoms with Crippen LogP contribution >= 0.6 is 0 Å². The normalized spacial score (nSPS) is 15.8. The minimum Gasteiger partial charge on any atom is -0.485 e. The molecule has 1 heterocycles. The van der Waals surface area contributed by atoms with Crippen molar-refractivity contribution in [3.05, 3.63) is 102 Å². The van der Waals surface area contributed by atoms with Crippen molar-refractivity contribution in [3.8, 4) is 16.9 Å². The molecule has 25 heavy (non-hydrogen) atoms. The minimum atomic E-state index is 0.0116. The second-order valence-electron chi connectivity index (χ2n) is 6.20. The van der Waals surface area contributed by atoms with E-state index in [-0.39, 0.29) is 6.10 Å². The summed E-state index contributed by atoms with van der Waals surface area (Å²) in [5.41, 5.74) is 6.07. The van der Waals surface area contributed by atoms with Gasteiger partial charge in [-0.2, -0.15) is 0 Å². The molecule has 0 aromatic heterocycles. The number of hydrogen-bond donors (Lipinski definition) is 0. The summed E-state index contributed by atoms with van der Waals surface area (Å²) in [6.07, 6.45) is 0.792. The zero-order valence-corrected chi connectivity index (χ0v) is 13.8. The van der Waals surface area contributed by atoms with Gasteiger partial charge in [-0.05, 0) is 40.5 Å². The van der Waals surface area contributed by atoms with E-state index in [1.807, 2.05) is 54.6 Å². The SMILES string of the molecule is [C-]#[N+]c1cccc(-c2ccc3c(c2)C(=C)CC(c2ccccc2)O3)c1. The summed E-state index contributed by atoms with van der Waals surface area (Å²) in [6.45, 7) is 11.5. The average Bonchev–Trinajstić information content (AvgIpc) is 2.68. The summed E-state index contributed by atoms with van der Waals surface area (Å²) >= 11 is 0. The van der Waals surface area contributed by atoms with Gasteiger partial charge in [0.05, 0.1) is 6.57 Å². The molecule has 0 radical (unpaired) electrons. The lowest BCUT2D eigenvalue weighted by molar-refractivity contribution is 0.202. The quantitative estimate of drug-likeness (QED) is 0.495. The van der Waals surface area contributed by atoms with Gasteiger partial charge in [-0.3, -0.25) is 0 Å². The molecular formula is C23H17NO. The first-order valence-corrected chi connectivity index (χ1v) is 8.26. The molecule has 0 saturated carbocycles. The molecule has 4 rings (SSSR count). The largest absolute Gasteiger partial charge is 0.485 e. The maximum absolute atomic E-state index is 7.18. The first-order chi connectivity index (χ1) is 12.2. The Kier molecular flexibility index (Phi) is 3.84. The van der Waals surface area contributed by atoms with Crippen LogP contribution in [0.15, 0.2) is 79.4 Å². The highest BCUT2D eigenvalue weighted by Crippen LogP contribution is 2.42. The lowest BCUT2D eigenvalue weighted by atomic mass is 9.91. The van der Waals surface area contributed by atoms with Crippen molar-refractivity contribution in [2.24, 2.45) is 0 Å². The van der Waals surface area contributed by atoms with Gasteiger partial charge in [-0.15, -0.1) is 0 Å². The van der Waals surface area contributed by atoms with Crippen LogP contribution in [0.2, 0.25) is 0 Å². The van der Waals surface area contributed by atoms with Gasteiger partial charge in [0.15, 0.2) is 5.69 Å². The molecule has 120 valence electrons. The number of nitrogens with zero attached hydrogens (tertiary/aromatic N) is 1. The van der Waals surface area contributed by atoms with Crippen LogP contribution in [-0.2, 0) is 0 Å². The van der Waals surface area contributed by atoms with E-state index in [2.05, 4.69) is 29.6 Å². The third-order valence-electron chi connectivity index (χ3n) is 4.54. The summed E-state index contributed by atoms with van der Waals surface area (Å²) in [5, 5.41) is 0. The fourth-order valence-corrected chi connectivity index (χ4v) is 3.23. The summed E-state index contributed by atoms with van der Waals surface area (Å²) < 4.78 is 6.21. The molecule has 3 aromatic carbocycles. The standard InChI is InChI=1S/C23H17NO/c1-16-13-23(17-7-4-3-5-8-17)25-22-12-11-19(15-21(16)22)18-9-6-10-20(14-18)24-2/h3-12,14-15,23H,1,13H2. The zero-order valence-electron chi connectivity index (χ0n) is 13.8. The number of rotatable bonds is 2. The predicted octanol–water partition coefficient (Wildman–Crippen LogP) is 6.44. The monoisotopic (exact) mass is 323 g/mol. The Hall–Kier alpha value is -3.31.